The Morgan fingerprint density at radius 2 is 1.96 bits per heavy atom. The molecule has 5 nitrogen and oxygen atoms in total. The van der Waals surface area contributed by atoms with Gasteiger partial charge in [-0.25, -0.2) is 5.01 Å². The maximum atomic E-state index is 13.1. The van der Waals surface area contributed by atoms with Crippen molar-refractivity contribution in [2.75, 3.05) is 19.6 Å². The van der Waals surface area contributed by atoms with Crippen LogP contribution in [-0.2, 0) is 4.79 Å². The van der Waals surface area contributed by atoms with Crippen molar-refractivity contribution in [1.82, 2.24) is 9.91 Å². The van der Waals surface area contributed by atoms with E-state index in [-0.39, 0.29) is 11.9 Å². The molecule has 2 aromatic rings. The maximum absolute atomic E-state index is 13.1. The highest BCUT2D eigenvalue weighted by Gasteiger charge is 2.35. The van der Waals surface area contributed by atoms with Gasteiger partial charge in [0, 0.05) is 6.42 Å². The van der Waals surface area contributed by atoms with Crippen LogP contribution in [0.15, 0.2) is 45.4 Å². The Morgan fingerprint density at radius 1 is 1.15 bits per heavy atom. The number of thiophene rings is 1. The fraction of sp³-hybridized carbons (Fsp3) is 0.500. The van der Waals surface area contributed by atoms with Gasteiger partial charge in [0.05, 0.1) is 23.4 Å². The van der Waals surface area contributed by atoms with Gasteiger partial charge in [0.1, 0.15) is 11.8 Å². The normalized spacial score (nSPS) is 22.1. The minimum atomic E-state index is -0.135. The molecule has 0 N–H and O–H groups in total. The third kappa shape index (κ3) is 3.91. The van der Waals surface area contributed by atoms with E-state index in [0.29, 0.717) is 13.0 Å². The molecule has 6 heteroatoms. The molecular formula is C20H25N3O2S. The van der Waals surface area contributed by atoms with E-state index in [2.05, 4.69) is 11.0 Å². The van der Waals surface area contributed by atoms with Gasteiger partial charge in [-0.1, -0.05) is 25.3 Å². The molecule has 1 fully saturated rings. The molecule has 138 valence electrons. The number of hydrogen-bond donors (Lipinski definition) is 0. The lowest BCUT2D eigenvalue weighted by molar-refractivity contribution is -0.134. The van der Waals surface area contributed by atoms with Crippen LogP contribution in [-0.4, -0.2) is 41.2 Å². The maximum Gasteiger partial charge on any atom is 0.257 e. The Balaban J connectivity index is 1.51. The van der Waals surface area contributed by atoms with Crippen LogP contribution in [0.5, 0.6) is 0 Å². The molecule has 1 unspecified atom stereocenters. The standard InChI is InChI=1S/C20H25N3O2S/c24-20(15-22-10-4-2-1-3-5-11-22)23-17(18-8-6-12-25-18)14-16(21-23)19-9-7-13-26-19/h6-9,12-13,17H,1-5,10-11,14-15H2. The fourth-order valence-corrected chi connectivity index (χ4v) is 4.49. The summed E-state index contributed by atoms with van der Waals surface area (Å²) in [5, 5.41) is 8.40. The summed E-state index contributed by atoms with van der Waals surface area (Å²) < 4.78 is 5.61. The third-order valence-electron chi connectivity index (χ3n) is 5.15. The van der Waals surface area contributed by atoms with Crippen molar-refractivity contribution in [2.24, 2.45) is 5.10 Å². The van der Waals surface area contributed by atoms with Crippen LogP contribution in [0.4, 0.5) is 0 Å². The first-order chi connectivity index (χ1) is 12.8. The summed E-state index contributed by atoms with van der Waals surface area (Å²) in [6.45, 7) is 2.46. The molecule has 2 aliphatic heterocycles. The van der Waals surface area contributed by atoms with Crippen LogP contribution < -0.4 is 0 Å². The zero-order chi connectivity index (χ0) is 17.8. The second kappa shape index (κ2) is 8.18. The lowest BCUT2D eigenvalue weighted by Gasteiger charge is -2.27. The van der Waals surface area contributed by atoms with Gasteiger partial charge in [0.2, 0.25) is 0 Å². The summed E-state index contributed by atoms with van der Waals surface area (Å²) in [5.41, 5.74) is 0.974. The van der Waals surface area contributed by atoms with Crippen LogP contribution in [0.1, 0.15) is 55.2 Å². The molecule has 0 saturated carbocycles. The SMILES string of the molecule is O=C(CN1CCCCCCC1)N1N=C(c2cccs2)CC1c1ccco1. The highest BCUT2D eigenvalue weighted by Crippen LogP contribution is 2.34. The van der Waals surface area contributed by atoms with E-state index in [0.717, 1.165) is 29.4 Å². The Bertz CT molecular complexity index is 731. The Hall–Kier alpha value is -1.92. The number of furan rings is 1. The van der Waals surface area contributed by atoms with Crippen molar-refractivity contribution in [2.45, 2.75) is 44.6 Å². The lowest BCUT2D eigenvalue weighted by atomic mass is 10.1. The fourth-order valence-electron chi connectivity index (χ4n) is 3.77. The highest BCUT2D eigenvalue weighted by molar-refractivity contribution is 7.12. The van der Waals surface area contributed by atoms with E-state index >= 15 is 0 Å². The average Bonchev–Trinajstić information content (AvgIpc) is 3.37. The molecular weight excluding hydrogens is 346 g/mol. The van der Waals surface area contributed by atoms with E-state index in [1.54, 1.807) is 22.6 Å². The van der Waals surface area contributed by atoms with Crippen LogP contribution in [0, 0.1) is 0 Å². The van der Waals surface area contributed by atoms with E-state index in [4.69, 9.17) is 9.52 Å². The summed E-state index contributed by atoms with van der Waals surface area (Å²) in [7, 11) is 0. The topological polar surface area (TPSA) is 49.1 Å². The molecule has 0 bridgehead atoms. The molecule has 0 spiro atoms. The molecule has 1 amide bonds. The molecule has 0 aliphatic carbocycles. The predicted octanol–water partition coefficient (Wildman–Crippen LogP) is 4.28. The summed E-state index contributed by atoms with van der Waals surface area (Å²) in [6, 6.07) is 7.77. The highest BCUT2D eigenvalue weighted by atomic mass is 32.1. The number of hydrazone groups is 1. The van der Waals surface area contributed by atoms with E-state index in [1.165, 1.54) is 32.1 Å². The number of rotatable bonds is 4. The molecule has 1 atom stereocenters. The number of hydrogen-bond acceptors (Lipinski definition) is 5. The number of carbonyl (C=O) groups is 1. The van der Waals surface area contributed by atoms with Crippen LogP contribution in [0.25, 0.3) is 0 Å². The molecule has 4 rings (SSSR count). The monoisotopic (exact) mass is 371 g/mol. The second-order valence-electron chi connectivity index (χ2n) is 7.04. The first-order valence-electron chi connectivity index (χ1n) is 9.50. The molecule has 0 radical (unpaired) electrons. The number of nitrogens with zero attached hydrogens (tertiary/aromatic N) is 3. The Morgan fingerprint density at radius 3 is 2.65 bits per heavy atom. The Kier molecular flexibility index (Phi) is 5.51. The Labute approximate surface area is 158 Å². The van der Waals surface area contributed by atoms with Gasteiger partial charge in [0.15, 0.2) is 0 Å². The number of likely N-dealkylation sites (tertiary alicyclic amines) is 1. The van der Waals surface area contributed by atoms with Gasteiger partial charge in [-0.3, -0.25) is 9.69 Å². The summed E-state index contributed by atoms with van der Waals surface area (Å²) in [6.07, 6.45) is 8.59. The van der Waals surface area contributed by atoms with E-state index < -0.39 is 0 Å². The van der Waals surface area contributed by atoms with Crippen LogP contribution in [0.2, 0.25) is 0 Å². The van der Waals surface area contributed by atoms with Gasteiger partial charge in [-0.15, -0.1) is 11.3 Å². The molecule has 0 aromatic carbocycles. The molecule has 2 aromatic heterocycles. The molecule has 26 heavy (non-hydrogen) atoms. The van der Waals surface area contributed by atoms with Gasteiger partial charge >= 0.3 is 0 Å². The first-order valence-corrected chi connectivity index (χ1v) is 10.4. The van der Waals surface area contributed by atoms with Gasteiger partial charge in [0.25, 0.3) is 5.91 Å². The summed E-state index contributed by atoms with van der Waals surface area (Å²) in [4.78, 5) is 16.5. The van der Waals surface area contributed by atoms with E-state index in [9.17, 15) is 4.79 Å². The summed E-state index contributed by atoms with van der Waals surface area (Å²) in [5.74, 6) is 0.875. The molecule has 4 heterocycles. The van der Waals surface area contributed by atoms with E-state index in [1.807, 2.05) is 23.6 Å². The van der Waals surface area contributed by atoms with Gasteiger partial charge in [-0.2, -0.15) is 5.10 Å². The predicted molar refractivity (Wildman–Crippen MR) is 103 cm³/mol. The van der Waals surface area contributed by atoms with Gasteiger partial charge < -0.3 is 4.42 Å². The quantitative estimate of drug-likeness (QED) is 0.806. The lowest BCUT2D eigenvalue weighted by Crippen LogP contribution is -2.39. The zero-order valence-corrected chi connectivity index (χ0v) is 15.8. The minimum absolute atomic E-state index is 0.0681. The second-order valence-corrected chi connectivity index (χ2v) is 7.99. The van der Waals surface area contributed by atoms with Gasteiger partial charge in [-0.05, 0) is 49.5 Å². The smallest absolute Gasteiger partial charge is 0.257 e. The van der Waals surface area contributed by atoms with Crippen LogP contribution in [0.3, 0.4) is 0 Å². The number of carbonyl (C=O) groups excluding carboxylic acids is 1. The van der Waals surface area contributed by atoms with Crippen molar-refractivity contribution in [3.63, 3.8) is 0 Å². The van der Waals surface area contributed by atoms with Crippen molar-refractivity contribution in [1.29, 1.82) is 0 Å². The zero-order valence-electron chi connectivity index (χ0n) is 15.0. The third-order valence-corrected chi connectivity index (χ3v) is 6.07. The minimum Gasteiger partial charge on any atom is -0.467 e. The average molecular weight is 372 g/mol. The van der Waals surface area contributed by atoms with Crippen molar-refractivity contribution < 1.29 is 9.21 Å². The number of amides is 1. The van der Waals surface area contributed by atoms with Crippen molar-refractivity contribution >= 4 is 23.0 Å². The molecule has 2 aliphatic rings. The van der Waals surface area contributed by atoms with Crippen molar-refractivity contribution in [3.8, 4) is 0 Å². The first kappa shape index (κ1) is 17.5. The molecule has 1 saturated heterocycles. The van der Waals surface area contributed by atoms with Crippen molar-refractivity contribution in [3.05, 3.63) is 46.5 Å². The summed E-state index contributed by atoms with van der Waals surface area (Å²) >= 11 is 1.66. The van der Waals surface area contributed by atoms with Crippen LogP contribution >= 0.6 is 11.3 Å². The largest absolute Gasteiger partial charge is 0.467 e.